The van der Waals surface area contributed by atoms with Gasteiger partial charge in [0.15, 0.2) is 0 Å². The van der Waals surface area contributed by atoms with Crippen LogP contribution < -0.4 is 0 Å². The molecule has 0 aromatic heterocycles. The van der Waals surface area contributed by atoms with Crippen LogP contribution in [0.1, 0.15) is 46.0 Å². The molecule has 0 saturated carbocycles. The first-order chi connectivity index (χ1) is 4.31. The molecule has 0 aromatic carbocycles. The fraction of sp³-hybridized carbons (Fsp3) is 1.00. The Morgan fingerprint density at radius 1 is 1.11 bits per heavy atom. The average Bonchev–Trinajstić information content (AvgIpc) is 1.85. The predicted octanol–water partition coefficient (Wildman–Crippen LogP) is 2.34. The third-order valence-electron chi connectivity index (χ3n) is 1.51. The van der Waals surface area contributed by atoms with E-state index in [9.17, 15) is 5.11 Å². The van der Waals surface area contributed by atoms with Crippen LogP contribution in [0, 0.1) is 0 Å². The van der Waals surface area contributed by atoms with Crippen molar-refractivity contribution in [3.05, 3.63) is 0 Å². The summed E-state index contributed by atoms with van der Waals surface area (Å²) in [6.45, 7) is 4.26. The fourth-order valence-electron chi connectivity index (χ4n) is 0.917. The van der Waals surface area contributed by atoms with E-state index in [2.05, 4.69) is 13.8 Å². The Hall–Kier alpha value is -0.0400. The summed E-state index contributed by atoms with van der Waals surface area (Å²) in [6, 6.07) is 0. The molecule has 1 atom stereocenters. The summed E-state index contributed by atoms with van der Waals surface area (Å²) in [5.41, 5.74) is 0. The number of aliphatic hydroxyl groups excluding tert-OH is 1. The van der Waals surface area contributed by atoms with Crippen LogP contribution in [0.4, 0.5) is 0 Å². The molecule has 0 radical (unpaired) electrons. The molecule has 56 valence electrons. The van der Waals surface area contributed by atoms with Gasteiger partial charge in [-0.3, -0.25) is 0 Å². The van der Waals surface area contributed by atoms with Crippen molar-refractivity contribution in [2.45, 2.75) is 52.1 Å². The maximum atomic E-state index is 9.18. The minimum absolute atomic E-state index is 0.0325. The van der Waals surface area contributed by atoms with Gasteiger partial charge in [0.05, 0.1) is 6.10 Å². The van der Waals surface area contributed by atoms with Crippen LogP contribution in [0.15, 0.2) is 0 Å². The van der Waals surface area contributed by atoms with Gasteiger partial charge in [0.1, 0.15) is 0 Å². The molecule has 9 heavy (non-hydrogen) atoms. The molecule has 0 unspecified atom stereocenters. The summed E-state index contributed by atoms with van der Waals surface area (Å²) in [4.78, 5) is 0. The molecule has 0 aliphatic heterocycles. The summed E-state index contributed by atoms with van der Waals surface area (Å²) >= 11 is 0. The second-order valence-electron chi connectivity index (χ2n) is 2.58. The smallest absolute Gasteiger partial charge is 0.0540 e. The van der Waals surface area contributed by atoms with Gasteiger partial charge < -0.3 is 5.11 Å². The van der Waals surface area contributed by atoms with Gasteiger partial charge in [-0.25, -0.2) is 0 Å². The zero-order valence-electron chi connectivity index (χ0n) is 6.56. The topological polar surface area (TPSA) is 20.2 Å². The predicted molar refractivity (Wildman–Crippen MR) is 40.4 cm³/mol. The summed E-state index contributed by atoms with van der Waals surface area (Å²) < 4.78 is 0. The lowest BCUT2D eigenvalue weighted by Gasteiger charge is -2.06. The molecule has 1 heteroatoms. The van der Waals surface area contributed by atoms with Gasteiger partial charge in [-0.2, -0.15) is 0 Å². The molecule has 0 saturated heterocycles. The first-order valence-electron chi connectivity index (χ1n) is 3.99. The van der Waals surface area contributed by atoms with E-state index in [0.717, 1.165) is 19.3 Å². The number of rotatable bonds is 5. The lowest BCUT2D eigenvalue weighted by atomic mass is 10.1. The van der Waals surface area contributed by atoms with Crippen molar-refractivity contribution in [1.29, 1.82) is 0 Å². The van der Waals surface area contributed by atoms with Crippen LogP contribution in [0.3, 0.4) is 0 Å². The maximum Gasteiger partial charge on any atom is 0.0540 e. The Morgan fingerprint density at radius 3 is 2.22 bits per heavy atom. The highest BCUT2D eigenvalue weighted by Crippen LogP contribution is 2.05. The monoisotopic (exact) mass is 130 g/mol. The van der Waals surface area contributed by atoms with Gasteiger partial charge in [-0.1, -0.05) is 33.1 Å². The standard InChI is InChI=1S/C8H18O/c1-3-5-7-8(9)6-4-2/h8-9H,3-7H2,1-2H3/t8-/m1/s1. The van der Waals surface area contributed by atoms with Gasteiger partial charge in [0.2, 0.25) is 0 Å². The highest BCUT2D eigenvalue weighted by molar-refractivity contribution is 4.52. The second-order valence-corrected chi connectivity index (χ2v) is 2.58. The molecule has 0 aliphatic rings. The zero-order chi connectivity index (χ0) is 7.11. The number of hydrogen-bond acceptors (Lipinski definition) is 1. The van der Waals surface area contributed by atoms with E-state index in [0.29, 0.717) is 0 Å². The largest absolute Gasteiger partial charge is 0.393 e. The summed E-state index contributed by atoms with van der Waals surface area (Å²) in [6.07, 6.45) is 5.40. The van der Waals surface area contributed by atoms with Crippen molar-refractivity contribution in [1.82, 2.24) is 0 Å². The van der Waals surface area contributed by atoms with Crippen LogP contribution in [-0.4, -0.2) is 11.2 Å². The minimum atomic E-state index is -0.0325. The van der Waals surface area contributed by atoms with Crippen LogP contribution in [0.2, 0.25) is 0 Å². The molecule has 1 nitrogen and oxygen atoms in total. The van der Waals surface area contributed by atoms with Crippen LogP contribution in [-0.2, 0) is 0 Å². The first kappa shape index (κ1) is 8.96. The molecular weight excluding hydrogens is 112 g/mol. The summed E-state index contributed by atoms with van der Waals surface area (Å²) in [5.74, 6) is 0. The van der Waals surface area contributed by atoms with Crippen LogP contribution >= 0.6 is 0 Å². The molecule has 0 spiro atoms. The van der Waals surface area contributed by atoms with E-state index in [1.807, 2.05) is 0 Å². The third kappa shape index (κ3) is 5.84. The van der Waals surface area contributed by atoms with Gasteiger partial charge in [-0.15, -0.1) is 0 Å². The zero-order valence-corrected chi connectivity index (χ0v) is 6.56. The van der Waals surface area contributed by atoms with Crippen LogP contribution in [0.5, 0.6) is 0 Å². The molecule has 0 amide bonds. The molecule has 0 fully saturated rings. The Balaban J connectivity index is 2.95. The highest BCUT2D eigenvalue weighted by atomic mass is 16.3. The molecule has 0 aromatic rings. The Labute approximate surface area is 58.1 Å². The van der Waals surface area contributed by atoms with E-state index in [4.69, 9.17) is 0 Å². The normalized spacial score (nSPS) is 13.7. The van der Waals surface area contributed by atoms with Gasteiger partial charge in [-0.05, 0) is 12.8 Å². The number of aliphatic hydroxyl groups is 1. The van der Waals surface area contributed by atoms with E-state index in [1.165, 1.54) is 12.8 Å². The lowest BCUT2D eigenvalue weighted by molar-refractivity contribution is 0.150. The Bertz CT molecular complexity index is 52.5. The van der Waals surface area contributed by atoms with E-state index >= 15 is 0 Å². The second kappa shape index (κ2) is 6.09. The SMILES string of the molecule is CCCC[C@H](O)CCC. The van der Waals surface area contributed by atoms with Crippen molar-refractivity contribution in [3.8, 4) is 0 Å². The van der Waals surface area contributed by atoms with Crippen molar-refractivity contribution in [2.24, 2.45) is 0 Å². The highest BCUT2D eigenvalue weighted by Gasteiger charge is 1.99. The van der Waals surface area contributed by atoms with Gasteiger partial charge in [0.25, 0.3) is 0 Å². The summed E-state index contributed by atoms with van der Waals surface area (Å²) in [5, 5.41) is 9.18. The third-order valence-corrected chi connectivity index (χ3v) is 1.51. The van der Waals surface area contributed by atoms with Crippen molar-refractivity contribution in [3.63, 3.8) is 0 Å². The average molecular weight is 130 g/mol. The van der Waals surface area contributed by atoms with Gasteiger partial charge >= 0.3 is 0 Å². The van der Waals surface area contributed by atoms with E-state index in [-0.39, 0.29) is 6.10 Å². The Kier molecular flexibility index (Phi) is 6.06. The Morgan fingerprint density at radius 2 is 1.78 bits per heavy atom. The van der Waals surface area contributed by atoms with Crippen molar-refractivity contribution in [2.75, 3.05) is 0 Å². The number of unbranched alkanes of at least 4 members (excludes halogenated alkanes) is 1. The first-order valence-corrected chi connectivity index (χ1v) is 3.99. The van der Waals surface area contributed by atoms with E-state index in [1.54, 1.807) is 0 Å². The number of hydrogen-bond donors (Lipinski definition) is 1. The quantitative estimate of drug-likeness (QED) is 0.605. The molecule has 0 aliphatic carbocycles. The molecule has 1 N–H and O–H groups in total. The lowest BCUT2D eigenvalue weighted by Crippen LogP contribution is -2.04. The maximum absolute atomic E-state index is 9.18. The van der Waals surface area contributed by atoms with Crippen molar-refractivity contribution < 1.29 is 5.11 Å². The van der Waals surface area contributed by atoms with Crippen molar-refractivity contribution >= 4 is 0 Å². The molecular formula is C8H18O. The molecule has 0 heterocycles. The molecule has 0 bridgehead atoms. The van der Waals surface area contributed by atoms with Crippen LogP contribution in [0.25, 0.3) is 0 Å². The van der Waals surface area contributed by atoms with Gasteiger partial charge in [0, 0.05) is 0 Å². The summed E-state index contributed by atoms with van der Waals surface area (Å²) in [7, 11) is 0. The van der Waals surface area contributed by atoms with E-state index < -0.39 is 0 Å². The molecule has 0 rings (SSSR count). The fourth-order valence-corrected chi connectivity index (χ4v) is 0.917. The minimum Gasteiger partial charge on any atom is -0.393 e.